The molecule has 0 aliphatic heterocycles. The molecule has 2 atom stereocenters. The van der Waals surface area contributed by atoms with Gasteiger partial charge in [0.1, 0.15) is 0 Å². The van der Waals surface area contributed by atoms with E-state index in [1.165, 1.54) is 28.3 Å². The van der Waals surface area contributed by atoms with Gasteiger partial charge in [0.05, 0.1) is 5.25 Å². The van der Waals surface area contributed by atoms with E-state index in [1.54, 1.807) is 0 Å². The van der Waals surface area contributed by atoms with Crippen LogP contribution in [0.25, 0.3) is 0 Å². The second kappa shape index (κ2) is 6.56. The fraction of sp³-hybridized carbons (Fsp3) is 0.667. The maximum absolute atomic E-state index is 6.05. The lowest BCUT2D eigenvalue weighted by Crippen LogP contribution is -2.22. The number of hydrogen-bond donors (Lipinski definition) is 1. The first kappa shape index (κ1) is 13.1. The molecule has 0 bridgehead atoms. The molecule has 0 amide bonds. The summed E-state index contributed by atoms with van der Waals surface area (Å²) >= 11 is 3.89. The lowest BCUT2D eigenvalue weighted by molar-refractivity contribution is 0.728. The van der Waals surface area contributed by atoms with Gasteiger partial charge in [0.25, 0.3) is 0 Å². The van der Waals surface area contributed by atoms with Crippen LogP contribution in [-0.2, 0) is 0 Å². The van der Waals surface area contributed by atoms with Crippen LogP contribution in [0.2, 0.25) is 0 Å². The largest absolute Gasteiger partial charge is 0.327 e. The number of unbranched alkanes of at least 4 members (excludes halogenated alkanes) is 1. The molecule has 0 saturated carbocycles. The van der Waals surface area contributed by atoms with Gasteiger partial charge in [0.15, 0.2) is 0 Å². The SMILES string of the molecule is CCCCSC(c1ccc(C)s1)C(C)N. The molecular weight excluding hydrogens is 222 g/mol. The Morgan fingerprint density at radius 3 is 2.67 bits per heavy atom. The minimum atomic E-state index is 0.241. The first-order valence-electron chi connectivity index (χ1n) is 5.58. The summed E-state index contributed by atoms with van der Waals surface area (Å²) < 4.78 is 0. The summed E-state index contributed by atoms with van der Waals surface area (Å²) in [5.41, 5.74) is 6.05. The van der Waals surface area contributed by atoms with Gasteiger partial charge in [0.2, 0.25) is 0 Å². The molecule has 2 unspecified atom stereocenters. The first-order valence-corrected chi connectivity index (χ1v) is 7.45. The van der Waals surface area contributed by atoms with E-state index in [9.17, 15) is 0 Å². The predicted molar refractivity (Wildman–Crippen MR) is 72.8 cm³/mol. The lowest BCUT2D eigenvalue weighted by Gasteiger charge is -2.18. The monoisotopic (exact) mass is 243 g/mol. The third kappa shape index (κ3) is 4.17. The molecule has 0 aromatic carbocycles. The fourth-order valence-electron chi connectivity index (χ4n) is 1.45. The molecule has 86 valence electrons. The second-order valence-corrected chi connectivity index (χ2v) is 6.52. The van der Waals surface area contributed by atoms with E-state index in [-0.39, 0.29) is 6.04 Å². The summed E-state index contributed by atoms with van der Waals surface area (Å²) in [6.45, 7) is 6.50. The Hall–Kier alpha value is 0.01000. The van der Waals surface area contributed by atoms with Crippen molar-refractivity contribution in [3.05, 3.63) is 21.9 Å². The molecule has 1 rings (SSSR count). The van der Waals surface area contributed by atoms with Gasteiger partial charge in [-0.3, -0.25) is 0 Å². The van der Waals surface area contributed by atoms with E-state index >= 15 is 0 Å². The molecule has 0 radical (unpaired) electrons. The minimum Gasteiger partial charge on any atom is -0.327 e. The van der Waals surface area contributed by atoms with Crippen LogP contribution in [0.15, 0.2) is 12.1 Å². The van der Waals surface area contributed by atoms with Crippen LogP contribution in [0.3, 0.4) is 0 Å². The molecule has 1 aromatic rings. The van der Waals surface area contributed by atoms with E-state index in [4.69, 9.17) is 5.73 Å². The summed E-state index contributed by atoms with van der Waals surface area (Å²) in [5.74, 6) is 1.22. The highest BCUT2D eigenvalue weighted by atomic mass is 32.2. The lowest BCUT2D eigenvalue weighted by atomic mass is 10.2. The number of thioether (sulfide) groups is 1. The summed E-state index contributed by atoms with van der Waals surface area (Å²) in [7, 11) is 0. The second-order valence-electron chi connectivity index (χ2n) is 3.95. The molecule has 0 aliphatic rings. The molecular formula is C12H21NS2. The fourth-order valence-corrected chi connectivity index (χ4v) is 4.03. The van der Waals surface area contributed by atoms with E-state index < -0.39 is 0 Å². The number of nitrogens with two attached hydrogens (primary N) is 1. The van der Waals surface area contributed by atoms with Crippen molar-refractivity contribution in [2.45, 2.75) is 44.9 Å². The van der Waals surface area contributed by atoms with E-state index in [2.05, 4.69) is 32.9 Å². The van der Waals surface area contributed by atoms with Gasteiger partial charge in [0, 0.05) is 15.8 Å². The summed E-state index contributed by atoms with van der Waals surface area (Å²) in [4.78, 5) is 2.82. The summed E-state index contributed by atoms with van der Waals surface area (Å²) in [6.07, 6.45) is 2.56. The Balaban J connectivity index is 2.58. The summed E-state index contributed by atoms with van der Waals surface area (Å²) in [6, 6.07) is 4.66. The van der Waals surface area contributed by atoms with E-state index in [1.807, 2.05) is 23.1 Å². The van der Waals surface area contributed by atoms with Gasteiger partial charge in [-0.05, 0) is 38.2 Å². The van der Waals surface area contributed by atoms with E-state index in [0.717, 1.165) is 0 Å². The van der Waals surface area contributed by atoms with Crippen molar-refractivity contribution < 1.29 is 0 Å². The Kier molecular flexibility index (Phi) is 5.72. The van der Waals surface area contributed by atoms with Gasteiger partial charge < -0.3 is 5.73 Å². The van der Waals surface area contributed by atoms with Crippen molar-refractivity contribution in [1.82, 2.24) is 0 Å². The molecule has 0 fully saturated rings. The van der Waals surface area contributed by atoms with Crippen molar-refractivity contribution in [3.63, 3.8) is 0 Å². The number of aryl methyl sites for hydroxylation is 1. The molecule has 2 N–H and O–H groups in total. The highest BCUT2D eigenvalue weighted by Crippen LogP contribution is 2.35. The Morgan fingerprint density at radius 1 is 1.47 bits per heavy atom. The molecule has 0 aliphatic carbocycles. The number of rotatable bonds is 6. The van der Waals surface area contributed by atoms with Crippen LogP contribution in [0.4, 0.5) is 0 Å². The first-order chi connectivity index (χ1) is 7.15. The number of hydrogen-bond acceptors (Lipinski definition) is 3. The van der Waals surface area contributed by atoms with Crippen LogP contribution >= 0.6 is 23.1 Å². The molecule has 1 aromatic heterocycles. The molecule has 0 spiro atoms. The summed E-state index contributed by atoms with van der Waals surface area (Å²) in [5, 5.41) is 0.482. The standard InChI is InChI=1S/C12H21NS2/c1-4-5-8-14-12(10(3)13)11-7-6-9(2)15-11/h6-7,10,12H,4-5,8,13H2,1-3H3. The maximum atomic E-state index is 6.05. The van der Waals surface area contributed by atoms with Crippen molar-refractivity contribution in [2.24, 2.45) is 5.73 Å². The predicted octanol–water partition coefficient (Wildman–Crippen LogP) is 3.98. The number of thiophene rings is 1. The van der Waals surface area contributed by atoms with Gasteiger partial charge in [-0.1, -0.05) is 13.3 Å². The molecule has 1 nitrogen and oxygen atoms in total. The third-order valence-electron chi connectivity index (χ3n) is 2.31. The topological polar surface area (TPSA) is 26.0 Å². The highest BCUT2D eigenvalue weighted by molar-refractivity contribution is 7.99. The van der Waals surface area contributed by atoms with Crippen molar-refractivity contribution in [3.8, 4) is 0 Å². The zero-order valence-electron chi connectivity index (χ0n) is 9.82. The van der Waals surface area contributed by atoms with Gasteiger partial charge >= 0.3 is 0 Å². The molecule has 0 saturated heterocycles. The van der Waals surface area contributed by atoms with Crippen molar-refractivity contribution >= 4 is 23.1 Å². The van der Waals surface area contributed by atoms with Crippen LogP contribution < -0.4 is 5.73 Å². The Morgan fingerprint density at radius 2 is 2.20 bits per heavy atom. The quantitative estimate of drug-likeness (QED) is 0.765. The van der Waals surface area contributed by atoms with E-state index in [0.29, 0.717) is 5.25 Å². The average molecular weight is 243 g/mol. The van der Waals surface area contributed by atoms with Gasteiger partial charge in [-0.2, -0.15) is 11.8 Å². The van der Waals surface area contributed by atoms with Crippen molar-refractivity contribution in [1.29, 1.82) is 0 Å². The zero-order valence-corrected chi connectivity index (χ0v) is 11.5. The van der Waals surface area contributed by atoms with Crippen molar-refractivity contribution in [2.75, 3.05) is 5.75 Å². The van der Waals surface area contributed by atoms with Gasteiger partial charge in [-0.15, -0.1) is 11.3 Å². The molecule has 3 heteroatoms. The Labute approximate surface area is 101 Å². The average Bonchev–Trinajstić information content (AvgIpc) is 2.59. The molecule has 1 heterocycles. The smallest absolute Gasteiger partial charge is 0.0539 e. The normalized spacial score (nSPS) is 15.2. The van der Waals surface area contributed by atoms with Crippen LogP contribution in [-0.4, -0.2) is 11.8 Å². The van der Waals surface area contributed by atoms with Crippen LogP contribution in [0, 0.1) is 6.92 Å². The van der Waals surface area contributed by atoms with Gasteiger partial charge in [-0.25, -0.2) is 0 Å². The molecule has 15 heavy (non-hydrogen) atoms. The highest BCUT2D eigenvalue weighted by Gasteiger charge is 2.17. The van der Waals surface area contributed by atoms with Crippen LogP contribution in [0.5, 0.6) is 0 Å². The minimum absolute atomic E-state index is 0.241. The zero-order chi connectivity index (χ0) is 11.3. The Bertz CT molecular complexity index is 281. The van der Waals surface area contributed by atoms with Crippen LogP contribution in [0.1, 0.15) is 41.7 Å². The maximum Gasteiger partial charge on any atom is 0.0539 e. The third-order valence-corrected chi connectivity index (χ3v) is 5.11.